The highest BCUT2D eigenvalue weighted by atomic mass is 16.5. The Bertz CT molecular complexity index is 276. The number of phenolic OH excluding ortho intramolecular Hbond substituents is 1. The summed E-state index contributed by atoms with van der Waals surface area (Å²) in [4.78, 5) is 0. The van der Waals surface area contributed by atoms with E-state index in [9.17, 15) is 5.11 Å². The molecule has 14 heavy (non-hydrogen) atoms. The lowest BCUT2D eigenvalue weighted by Crippen LogP contribution is -2.15. The summed E-state index contributed by atoms with van der Waals surface area (Å²) in [5, 5.41) is 12.4. The molecule has 0 saturated carbocycles. The molecule has 78 valence electrons. The lowest BCUT2D eigenvalue weighted by atomic mass is 10.2. The first-order valence-electron chi connectivity index (χ1n) is 4.74. The molecule has 0 aliphatic heterocycles. The summed E-state index contributed by atoms with van der Waals surface area (Å²) in [5.41, 5.74) is 0.938. The molecule has 0 aromatic heterocycles. The van der Waals surface area contributed by atoms with Crippen LogP contribution in [0.25, 0.3) is 0 Å². The third-order valence-corrected chi connectivity index (χ3v) is 1.95. The number of methoxy groups -OCH3 is 1. The number of benzene rings is 1. The van der Waals surface area contributed by atoms with Gasteiger partial charge in [0.2, 0.25) is 0 Å². The minimum atomic E-state index is 0.286. The van der Waals surface area contributed by atoms with Crippen LogP contribution in [0, 0.1) is 5.92 Å². The fraction of sp³-hybridized carbons (Fsp3) is 0.455. The molecule has 0 fully saturated rings. The molecule has 1 aromatic carbocycles. The number of rotatable bonds is 5. The molecule has 1 aromatic rings. The molecule has 0 radical (unpaired) electrons. The van der Waals surface area contributed by atoms with Crippen LogP contribution in [-0.2, 0) is 4.74 Å². The van der Waals surface area contributed by atoms with Crippen LogP contribution in [0.15, 0.2) is 24.3 Å². The van der Waals surface area contributed by atoms with E-state index < -0.39 is 0 Å². The number of nitrogens with one attached hydrogen (secondary N) is 1. The fourth-order valence-electron chi connectivity index (χ4n) is 1.25. The lowest BCUT2D eigenvalue weighted by Gasteiger charge is -2.12. The highest BCUT2D eigenvalue weighted by Gasteiger charge is 2.00. The molecule has 3 heteroatoms. The van der Waals surface area contributed by atoms with Gasteiger partial charge < -0.3 is 15.2 Å². The van der Waals surface area contributed by atoms with Crippen LogP contribution in [0.1, 0.15) is 6.92 Å². The normalized spacial score (nSPS) is 12.4. The van der Waals surface area contributed by atoms with Crippen LogP contribution >= 0.6 is 0 Å². The van der Waals surface area contributed by atoms with Gasteiger partial charge in [-0.2, -0.15) is 0 Å². The Morgan fingerprint density at radius 3 is 2.93 bits per heavy atom. The second kappa shape index (κ2) is 5.50. The minimum absolute atomic E-state index is 0.286. The summed E-state index contributed by atoms with van der Waals surface area (Å²) in [6.07, 6.45) is 0. The van der Waals surface area contributed by atoms with Crippen molar-refractivity contribution in [2.24, 2.45) is 5.92 Å². The van der Waals surface area contributed by atoms with Gasteiger partial charge in [-0.3, -0.25) is 0 Å². The van der Waals surface area contributed by atoms with Gasteiger partial charge in [-0.25, -0.2) is 0 Å². The van der Waals surface area contributed by atoms with Gasteiger partial charge in [-0.1, -0.05) is 13.0 Å². The highest BCUT2D eigenvalue weighted by molar-refractivity contribution is 5.47. The smallest absolute Gasteiger partial charge is 0.117 e. The zero-order valence-electron chi connectivity index (χ0n) is 8.66. The van der Waals surface area contributed by atoms with Gasteiger partial charge in [-0.15, -0.1) is 0 Å². The van der Waals surface area contributed by atoms with Crippen LogP contribution in [-0.4, -0.2) is 25.4 Å². The van der Waals surface area contributed by atoms with Gasteiger partial charge in [0.25, 0.3) is 0 Å². The number of ether oxygens (including phenoxy) is 1. The average molecular weight is 195 g/mol. The third kappa shape index (κ3) is 3.66. The van der Waals surface area contributed by atoms with Crippen LogP contribution in [0.5, 0.6) is 5.75 Å². The Kier molecular flexibility index (Phi) is 4.26. The van der Waals surface area contributed by atoms with Gasteiger partial charge in [0.05, 0.1) is 6.61 Å². The maximum absolute atomic E-state index is 9.22. The molecule has 0 saturated heterocycles. The predicted octanol–water partition coefficient (Wildman–Crippen LogP) is 2.09. The third-order valence-electron chi connectivity index (χ3n) is 1.95. The SMILES string of the molecule is COCC(C)CNc1cccc(O)c1. The first-order valence-corrected chi connectivity index (χ1v) is 4.74. The quantitative estimate of drug-likeness (QED) is 0.756. The number of hydrogen-bond acceptors (Lipinski definition) is 3. The average Bonchev–Trinajstić information content (AvgIpc) is 2.15. The van der Waals surface area contributed by atoms with Crippen molar-refractivity contribution in [3.8, 4) is 5.75 Å². The van der Waals surface area contributed by atoms with Crippen molar-refractivity contribution in [2.45, 2.75) is 6.92 Å². The first kappa shape index (κ1) is 10.9. The Hall–Kier alpha value is -1.22. The van der Waals surface area contributed by atoms with Gasteiger partial charge in [0, 0.05) is 25.4 Å². The van der Waals surface area contributed by atoms with Crippen LogP contribution in [0.4, 0.5) is 5.69 Å². The minimum Gasteiger partial charge on any atom is -0.508 e. The van der Waals surface area contributed by atoms with Crippen LogP contribution in [0.3, 0.4) is 0 Å². The van der Waals surface area contributed by atoms with E-state index in [1.807, 2.05) is 12.1 Å². The summed E-state index contributed by atoms with van der Waals surface area (Å²) in [6, 6.07) is 7.11. The van der Waals surface area contributed by atoms with Gasteiger partial charge in [0.1, 0.15) is 5.75 Å². The Labute approximate surface area is 84.7 Å². The van der Waals surface area contributed by atoms with Gasteiger partial charge >= 0.3 is 0 Å². The number of hydrogen-bond donors (Lipinski definition) is 2. The van der Waals surface area contributed by atoms with E-state index in [1.165, 1.54) is 0 Å². The molecule has 0 bridgehead atoms. The second-order valence-electron chi connectivity index (χ2n) is 3.49. The van der Waals surface area contributed by atoms with E-state index in [1.54, 1.807) is 19.2 Å². The summed E-state index contributed by atoms with van der Waals surface area (Å²) < 4.78 is 5.03. The second-order valence-corrected chi connectivity index (χ2v) is 3.49. The zero-order chi connectivity index (χ0) is 10.4. The summed E-state index contributed by atoms with van der Waals surface area (Å²) >= 11 is 0. The van der Waals surface area contributed by atoms with E-state index in [2.05, 4.69) is 12.2 Å². The topological polar surface area (TPSA) is 41.5 Å². The van der Waals surface area contributed by atoms with Crippen molar-refractivity contribution in [3.05, 3.63) is 24.3 Å². The standard InChI is InChI=1S/C11H17NO2/c1-9(8-14-2)7-12-10-4-3-5-11(13)6-10/h3-6,9,12-13H,7-8H2,1-2H3. The molecule has 0 heterocycles. The molecular formula is C11H17NO2. The number of aromatic hydroxyl groups is 1. The monoisotopic (exact) mass is 195 g/mol. The summed E-state index contributed by atoms with van der Waals surface area (Å²) in [5.74, 6) is 0.747. The van der Waals surface area contributed by atoms with E-state index in [-0.39, 0.29) is 5.75 Å². The number of anilines is 1. The first-order chi connectivity index (χ1) is 6.72. The molecular weight excluding hydrogens is 178 g/mol. The van der Waals surface area contributed by atoms with E-state index >= 15 is 0 Å². The van der Waals surface area contributed by atoms with Crippen molar-refractivity contribution in [3.63, 3.8) is 0 Å². The van der Waals surface area contributed by atoms with Crippen LogP contribution < -0.4 is 5.32 Å². The molecule has 1 rings (SSSR count). The highest BCUT2D eigenvalue weighted by Crippen LogP contribution is 2.15. The molecule has 0 amide bonds. The van der Waals surface area contributed by atoms with Crippen molar-refractivity contribution < 1.29 is 9.84 Å². The molecule has 3 nitrogen and oxygen atoms in total. The zero-order valence-corrected chi connectivity index (χ0v) is 8.66. The Morgan fingerprint density at radius 2 is 2.29 bits per heavy atom. The summed E-state index contributed by atoms with van der Waals surface area (Å²) in [7, 11) is 1.70. The maximum atomic E-state index is 9.22. The molecule has 1 atom stereocenters. The molecule has 0 aliphatic carbocycles. The number of phenols is 1. The van der Waals surface area contributed by atoms with E-state index in [0.717, 1.165) is 18.8 Å². The van der Waals surface area contributed by atoms with Crippen molar-refractivity contribution in [2.75, 3.05) is 25.6 Å². The van der Waals surface area contributed by atoms with E-state index in [0.29, 0.717) is 5.92 Å². The maximum Gasteiger partial charge on any atom is 0.117 e. The Morgan fingerprint density at radius 1 is 1.50 bits per heavy atom. The van der Waals surface area contributed by atoms with Crippen molar-refractivity contribution >= 4 is 5.69 Å². The van der Waals surface area contributed by atoms with Crippen LogP contribution in [0.2, 0.25) is 0 Å². The van der Waals surface area contributed by atoms with Gasteiger partial charge in [-0.05, 0) is 18.1 Å². The largest absolute Gasteiger partial charge is 0.508 e. The molecule has 2 N–H and O–H groups in total. The molecule has 0 aliphatic rings. The molecule has 0 spiro atoms. The van der Waals surface area contributed by atoms with Gasteiger partial charge in [0.15, 0.2) is 0 Å². The van der Waals surface area contributed by atoms with E-state index in [4.69, 9.17) is 4.74 Å². The molecule has 1 unspecified atom stereocenters. The Balaban J connectivity index is 2.37. The predicted molar refractivity (Wildman–Crippen MR) is 57.6 cm³/mol. The van der Waals surface area contributed by atoms with Crippen molar-refractivity contribution in [1.82, 2.24) is 0 Å². The fourth-order valence-corrected chi connectivity index (χ4v) is 1.25. The lowest BCUT2D eigenvalue weighted by molar-refractivity contribution is 0.164. The van der Waals surface area contributed by atoms with Crippen molar-refractivity contribution in [1.29, 1.82) is 0 Å². The summed E-state index contributed by atoms with van der Waals surface area (Å²) in [6.45, 7) is 3.70.